The first-order valence-corrected chi connectivity index (χ1v) is 12.6. The molecule has 0 heterocycles. The topological polar surface area (TPSA) is 0 Å². The normalized spacial score (nSPS) is 12.0. The Hall–Kier alpha value is 2.10. The van der Waals surface area contributed by atoms with Crippen LogP contribution in [0.3, 0.4) is 0 Å². The summed E-state index contributed by atoms with van der Waals surface area (Å²) in [6.07, 6.45) is 9.25. The maximum atomic E-state index is 4.24. The Bertz CT molecular complexity index is 149. The van der Waals surface area contributed by atoms with E-state index in [0.29, 0.717) is 5.41 Å². The lowest BCUT2D eigenvalue weighted by atomic mass is 9.74. The number of hydrogen-bond acceptors (Lipinski definition) is 6. The lowest BCUT2D eigenvalue weighted by Crippen LogP contribution is -2.21. The smallest absolute Gasteiger partial charge is 0.00347 e. The molecule has 0 saturated heterocycles. The predicted octanol–water partition coefficient (Wildman–Crippen LogP) is 6.46. The standard InChI is InChI=1S/C12H26S6/c1-2-12(6-3-9-16-13,7-4-10-17-14)8-5-11-18-15/h13-15H,2-11H2,1H3. The first-order chi connectivity index (χ1) is 8.74. The summed E-state index contributed by atoms with van der Waals surface area (Å²) >= 11 is 12.7. The molecule has 0 aromatic carbocycles. The Labute approximate surface area is 141 Å². The maximum Gasteiger partial charge on any atom is 0.00347 e. The highest BCUT2D eigenvalue weighted by Gasteiger charge is 2.26. The van der Waals surface area contributed by atoms with E-state index >= 15 is 0 Å². The van der Waals surface area contributed by atoms with Crippen LogP contribution in [0.15, 0.2) is 0 Å². The first kappa shape index (κ1) is 20.1. The van der Waals surface area contributed by atoms with Crippen molar-refractivity contribution in [3.63, 3.8) is 0 Å². The van der Waals surface area contributed by atoms with E-state index in [9.17, 15) is 0 Å². The first-order valence-electron chi connectivity index (χ1n) is 6.54. The zero-order chi connectivity index (χ0) is 13.7. The molecule has 0 saturated carbocycles. The third-order valence-electron chi connectivity index (χ3n) is 3.58. The molecule has 0 aromatic heterocycles. The highest BCUT2D eigenvalue weighted by molar-refractivity contribution is 8.69. The second-order valence-electron chi connectivity index (χ2n) is 4.66. The quantitative estimate of drug-likeness (QED) is 0.196. The van der Waals surface area contributed by atoms with Gasteiger partial charge in [0.2, 0.25) is 0 Å². The van der Waals surface area contributed by atoms with Crippen molar-refractivity contribution in [2.24, 2.45) is 5.41 Å². The van der Waals surface area contributed by atoms with Gasteiger partial charge in [0.05, 0.1) is 0 Å². The summed E-state index contributed by atoms with van der Waals surface area (Å²) in [6.45, 7) is 2.36. The second-order valence-corrected chi connectivity index (χ2v) is 8.99. The summed E-state index contributed by atoms with van der Waals surface area (Å²) in [6, 6.07) is 0. The fourth-order valence-corrected chi connectivity index (χ4v) is 4.42. The summed E-state index contributed by atoms with van der Waals surface area (Å²) < 4.78 is 0. The minimum absolute atomic E-state index is 0.552. The molecule has 0 atom stereocenters. The van der Waals surface area contributed by atoms with E-state index in [-0.39, 0.29) is 0 Å². The van der Waals surface area contributed by atoms with Crippen molar-refractivity contribution in [1.29, 1.82) is 0 Å². The summed E-state index contributed by atoms with van der Waals surface area (Å²) in [5, 5.41) is 0. The Morgan fingerprint density at radius 2 is 1.06 bits per heavy atom. The number of thiol groups is 3. The molecule has 0 amide bonds. The molecule has 0 radical (unpaired) electrons. The summed E-state index contributed by atoms with van der Waals surface area (Å²) in [4.78, 5) is 0. The maximum absolute atomic E-state index is 4.24. The zero-order valence-corrected chi connectivity index (χ0v) is 16.3. The molecule has 0 rings (SSSR count). The van der Waals surface area contributed by atoms with Gasteiger partial charge in [-0.25, -0.2) is 0 Å². The van der Waals surface area contributed by atoms with Crippen LogP contribution in [0.4, 0.5) is 0 Å². The minimum atomic E-state index is 0.552. The van der Waals surface area contributed by atoms with Gasteiger partial charge in [0.15, 0.2) is 0 Å². The summed E-state index contributed by atoms with van der Waals surface area (Å²) in [7, 11) is 5.01. The van der Waals surface area contributed by atoms with Crippen LogP contribution >= 0.6 is 67.4 Å². The Balaban J connectivity index is 4.20. The lowest BCUT2D eigenvalue weighted by Gasteiger charge is -2.33. The fourth-order valence-electron chi connectivity index (χ4n) is 2.44. The van der Waals surface area contributed by atoms with Crippen molar-refractivity contribution in [2.75, 3.05) is 17.3 Å². The molecule has 0 unspecified atom stereocenters. The van der Waals surface area contributed by atoms with Crippen LogP contribution in [0.25, 0.3) is 0 Å². The van der Waals surface area contributed by atoms with E-state index in [1.54, 1.807) is 32.4 Å². The van der Waals surface area contributed by atoms with Gasteiger partial charge in [0.25, 0.3) is 0 Å². The van der Waals surface area contributed by atoms with Gasteiger partial charge in [-0.3, -0.25) is 0 Å². The van der Waals surface area contributed by atoms with Gasteiger partial charge < -0.3 is 0 Å². The van der Waals surface area contributed by atoms with Gasteiger partial charge in [-0.1, -0.05) is 45.7 Å². The van der Waals surface area contributed by atoms with Gasteiger partial charge >= 0.3 is 0 Å². The van der Waals surface area contributed by atoms with Crippen LogP contribution in [-0.2, 0) is 0 Å². The fraction of sp³-hybridized carbons (Fsp3) is 1.00. The van der Waals surface area contributed by atoms with Crippen molar-refractivity contribution >= 4 is 67.4 Å². The molecule has 0 bridgehead atoms. The molecule has 0 aliphatic carbocycles. The van der Waals surface area contributed by atoms with Crippen LogP contribution in [0.5, 0.6) is 0 Å². The SMILES string of the molecule is CCC(CCCSS)(CCCSS)CCCSS. The molecule has 18 heavy (non-hydrogen) atoms. The van der Waals surface area contributed by atoms with Crippen LogP contribution in [0.2, 0.25) is 0 Å². The molecule has 0 N–H and O–H groups in total. The molecule has 0 nitrogen and oxygen atoms in total. The monoisotopic (exact) mass is 362 g/mol. The van der Waals surface area contributed by atoms with Gasteiger partial charge in [-0.2, -0.15) is 0 Å². The van der Waals surface area contributed by atoms with E-state index in [0.717, 1.165) is 0 Å². The van der Waals surface area contributed by atoms with Crippen molar-refractivity contribution in [3.8, 4) is 0 Å². The minimum Gasteiger partial charge on any atom is -0.111 e. The number of rotatable bonds is 13. The molecular weight excluding hydrogens is 337 g/mol. The largest absolute Gasteiger partial charge is 0.111 e. The van der Waals surface area contributed by atoms with Crippen LogP contribution < -0.4 is 0 Å². The van der Waals surface area contributed by atoms with E-state index in [4.69, 9.17) is 0 Å². The van der Waals surface area contributed by atoms with Gasteiger partial charge in [-0.05, 0) is 43.9 Å². The van der Waals surface area contributed by atoms with Gasteiger partial charge in [0, 0.05) is 17.3 Å². The van der Waals surface area contributed by atoms with Crippen LogP contribution in [-0.4, -0.2) is 17.3 Å². The van der Waals surface area contributed by atoms with E-state index < -0.39 is 0 Å². The number of hydrogen-bond donors (Lipinski definition) is 3. The van der Waals surface area contributed by atoms with Crippen molar-refractivity contribution in [3.05, 3.63) is 0 Å². The van der Waals surface area contributed by atoms with Crippen molar-refractivity contribution in [2.45, 2.75) is 51.9 Å². The lowest BCUT2D eigenvalue weighted by molar-refractivity contribution is 0.204. The van der Waals surface area contributed by atoms with Crippen molar-refractivity contribution in [1.82, 2.24) is 0 Å². The van der Waals surface area contributed by atoms with Gasteiger partial charge in [0.1, 0.15) is 0 Å². The molecule has 0 spiro atoms. The summed E-state index contributed by atoms with van der Waals surface area (Å²) in [5.41, 5.74) is 0.552. The highest BCUT2D eigenvalue weighted by atomic mass is 33.1. The van der Waals surface area contributed by atoms with Gasteiger partial charge in [-0.15, -0.1) is 35.0 Å². The molecule has 0 fully saturated rings. The molecule has 0 aromatic rings. The Kier molecular flexibility index (Phi) is 15.7. The van der Waals surface area contributed by atoms with E-state index in [1.165, 1.54) is 62.2 Å². The molecule has 0 aliphatic heterocycles. The molecular formula is C12H26S6. The predicted molar refractivity (Wildman–Crippen MR) is 105 cm³/mol. The highest BCUT2D eigenvalue weighted by Crippen LogP contribution is 2.39. The molecule has 110 valence electrons. The Morgan fingerprint density at radius 3 is 1.28 bits per heavy atom. The third-order valence-corrected chi connectivity index (χ3v) is 6.64. The molecule has 0 aliphatic rings. The molecule has 6 heteroatoms. The Morgan fingerprint density at radius 1 is 0.722 bits per heavy atom. The third kappa shape index (κ3) is 9.92. The van der Waals surface area contributed by atoms with Crippen molar-refractivity contribution < 1.29 is 0 Å². The zero-order valence-electron chi connectivity index (χ0n) is 11.1. The van der Waals surface area contributed by atoms with E-state index in [2.05, 4.69) is 41.9 Å². The average Bonchev–Trinajstić information content (AvgIpc) is 2.39. The average molecular weight is 363 g/mol. The summed E-state index contributed by atoms with van der Waals surface area (Å²) in [5.74, 6) is 3.52. The van der Waals surface area contributed by atoms with E-state index in [1.807, 2.05) is 0 Å². The van der Waals surface area contributed by atoms with Crippen LogP contribution in [0.1, 0.15) is 51.9 Å². The second kappa shape index (κ2) is 14.1. The van der Waals surface area contributed by atoms with Crippen LogP contribution in [0, 0.1) is 5.41 Å².